The lowest BCUT2D eigenvalue weighted by atomic mass is 10.1. The summed E-state index contributed by atoms with van der Waals surface area (Å²) in [7, 11) is 1.61. The highest BCUT2D eigenvalue weighted by molar-refractivity contribution is 5.82. The van der Waals surface area contributed by atoms with Gasteiger partial charge in [0.2, 0.25) is 0 Å². The van der Waals surface area contributed by atoms with Crippen LogP contribution < -0.4 is 15.4 Å². The van der Waals surface area contributed by atoms with Gasteiger partial charge < -0.3 is 20.5 Å². The average molecular weight is 342 g/mol. The van der Waals surface area contributed by atoms with Crippen LogP contribution in [0.1, 0.15) is 11.1 Å². The van der Waals surface area contributed by atoms with E-state index < -0.39 is 18.0 Å². The first-order valence-electron chi connectivity index (χ1n) is 8.02. The maximum Gasteiger partial charge on any atom is 0.326 e. The zero-order valence-electron chi connectivity index (χ0n) is 14.1. The number of methoxy groups -OCH3 is 1. The van der Waals surface area contributed by atoms with Gasteiger partial charge in [0.05, 0.1) is 7.11 Å². The van der Waals surface area contributed by atoms with Crippen molar-refractivity contribution < 1.29 is 19.4 Å². The Kier molecular flexibility index (Phi) is 6.83. The van der Waals surface area contributed by atoms with E-state index in [9.17, 15) is 14.7 Å². The van der Waals surface area contributed by atoms with Gasteiger partial charge in [-0.25, -0.2) is 9.59 Å². The number of ether oxygens (including phenoxy) is 1. The number of aliphatic carboxylic acids is 1. The molecule has 0 aliphatic carbocycles. The second kappa shape index (κ2) is 9.32. The molecule has 132 valence electrons. The number of carbonyl (C=O) groups excluding carboxylic acids is 1. The molecule has 2 amide bonds. The lowest BCUT2D eigenvalue weighted by molar-refractivity contribution is -0.139. The minimum Gasteiger partial charge on any atom is -0.497 e. The molecule has 0 heterocycles. The van der Waals surface area contributed by atoms with Gasteiger partial charge in [-0.2, -0.15) is 0 Å². The molecule has 2 rings (SSSR count). The van der Waals surface area contributed by atoms with Gasteiger partial charge in [0.15, 0.2) is 0 Å². The van der Waals surface area contributed by atoms with Gasteiger partial charge in [-0.1, -0.05) is 42.5 Å². The third-order valence-electron chi connectivity index (χ3n) is 3.74. The van der Waals surface area contributed by atoms with Crippen molar-refractivity contribution in [3.63, 3.8) is 0 Å². The molecular formula is C19H22N2O4. The van der Waals surface area contributed by atoms with E-state index in [1.165, 1.54) is 0 Å². The Labute approximate surface area is 146 Å². The van der Waals surface area contributed by atoms with E-state index in [0.717, 1.165) is 16.9 Å². The predicted octanol–water partition coefficient (Wildman–Crippen LogP) is 2.23. The summed E-state index contributed by atoms with van der Waals surface area (Å²) in [5, 5.41) is 14.5. The van der Waals surface area contributed by atoms with Gasteiger partial charge >= 0.3 is 12.0 Å². The van der Waals surface area contributed by atoms with Crippen LogP contribution in [0, 0.1) is 0 Å². The Morgan fingerprint density at radius 3 is 2.32 bits per heavy atom. The SMILES string of the molecule is COc1ccc(CCNC(=O)NC(Cc2ccccc2)C(=O)O)cc1. The summed E-state index contributed by atoms with van der Waals surface area (Å²) in [6.45, 7) is 0.413. The lowest BCUT2D eigenvalue weighted by Gasteiger charge is -2.15. The van der Waals surface area contributed by atoms with Gasteiger partial charge in [0, 0.05) is 13.0 Å². The van der Waals surface area contributed by atoms with E-state index in [0.29, 0.717) is 13.0 Å². The molecule has 25 heavy (non-hydrogen) atoms. The Hall–Kier alpha value is -3.02. The largest absolute Gasteiger partial charge is 0.497 e. The van der Waals surface area contributed by atoms with Crippen molar-refractivity contribution in [3.05, 3.63) is 65.7 Å². The van der Waals surface area contributed by atoms with E-state index in [4.69, 9.17) is 4.74 Å². The zero-order valence-corrected chi connectivity index (χ0v) is 14.1. The molecule has 0 fully saturated rings. The van der Waals surface area contributed by atoms with Crippen molar-refractivity contribution >= 4 is 12.0 Å². The first-order valence-corrected chi connectivity index (χ1v) is 8.02. The average Bonchev–Trinajstić information content (AvgIpc) is 2.62. The van der Waals surface area contributed by atoms with E-state index in [1.54, 1.807) is 7.11 Å². The number of benzene rings is 2. The number of nitrogens with one attached hydrogen (secondary N) is 2. The smallest absolute Gasteiger partial charge is 0.326 e. The molecule has 0 saturated heterocycles. The fourth-order valence-electron chi connectivity index (χ4n) is 2.37. The number of carbonyl (C=O) groups is 2. The normalized spacial score (nSPS) is 11.4. The number of amides is 2. The van der Waals surface area contributed by atoms with E-state index >= 15 is 0 Å². The van der Waals surface area contributed by atoms with Crippen LogP contribution in [-0.4, -0.2) is 36.8 Å². The first kappa shape index (κ1) is 18.3. The van der Waals surface area contributed by atoms with Gasteiger partial charge in [0.25, 0.3) is 0 Å². The molecule has 0 aliphatic rings. The van der Waals surface area contributed by atoms with E-state index in [1.807, 2.05) is 54.6 Å². The topological polar surface area (TPSA) is 87.7 Å². The molecule has 0 radical (unpaired) electrons. The molecule has 0 aliphatic heterocycles. The van der Waals surface area contributed by atoms with Crippen molar-refractivity contribution in [3.8, 4) is 5.75 Å². The van der Waals surface area contributed by atoms with Crippen LogP contribution in [-0.2, 0) is 17.6 Å². The Bertz CT molecular complexity index is 686. The number of rotatable bonds is 8. The van der Waals surface area contributed by atoms with Crippen LogP contribution in [0.25, 0.3) is 0 Å². The summed E-state index contributed by atoms with van der Waals surface area (Å²) < 4.78 is 5.09. The van der Waals surface area contributed by atoms with Crippen LogP contribution in [0.3, 0.4) is 0 Å². The molecule has 0 saturated carbocycles. The second-order valence-corrected chi connectivity index (χ2v) is 5.58. The minimum absolute atomic E-state index is 0.238. The lowest BCUT2D eigenvalue weighted by Crippen LogP contribution is -2.47. The molecule has 2 aromatic rings. The maximum atomic E-state index is 11.9. The summed E-state index contributed by atoms with van der Waals surface area (Å²) in [5.41, 5.74) is 1.91. The van der Waals surface area contributed by atoms with Gasteiger partial charge in [-0.05, 0) is 29.7 Å². The van der Waals surface area contributed by atoms with E-state index in [2.05, 4.69) is 10.6 Å². The second-order valence-electron chi connectivity index (χ2n) is 5.58. The van der Waals surface area contributed by atoms with Crippen molar-refractivity contribution in [2.45, 2.75) is 18.9 Å². The molecule has 1 unspecified atom stereocenters. The predicted molar refractivity (Wildman–Crippen MR) is 94.8 cm³/mol. The third kappa shape index (κ3) is 6.18. The fourth-order valence-corrected chi connectivity index (χ4v) is 2.37. The fraction of sp³-hybridized carbons (Fsp3) is 0.263. The summed E-state index contributed by atoms with van der Waals surface area (Å²) >= 11 is 0. The molecule has 6 heteroatoms. The summed E-state index contributed by atoms with van der Waals surface area (Å²) in [6, 6.07) is 15.3. The summed E-state index contributed by atoms with van der Waals surface area (Å²) in [5.74, 6) is -0.283. The number of carboxylic acids is 1. The van der Waals surface area contributed by atoms with Crippen LogP contribution >= 0.6 is 0 Å². The Morgan fingerprint density at radius 2 is 1.72 bits per heavy atom. The highest BCUT2D eigenvalue weighted by atomic mass is 16.5. The zero-order chi connectivity index (χ0) is 18.1. The van der Waals surface area contributed by atoms with Gasteiger partial charge in [0.1, 0.15) is 11.8 Å². The number of hydrogen-bond donors (Lipinski definition) is 3. The van der Waals surface area contributed by atoms with Crippen molar-refractivity contribution in [1.82, 2.24) is 10.6 Å². The molecule has 0 spiro atoms. The molecule has 6 nitrogen and oxygen atoms in total. The molecule has 2 aromatic carbocycles. The van der Waals surface area contributed by atoms with Crippen LogP contribution in [0.15, 0.2) is 54.6 Å². The molecule has 0 aromatic heterocycles. The van der Waals surface area contributed by atoms with Crippen molar-refractivity contribution in [1.29, 1.82) is 0 Å². The van der Waals surface area contributed by atoms with E-state index in [-0.39, 0.29) is 6.42 Å². The molecule has 1 atom stereocenters. The monoisotopic (exact) mass is 342 g/mol. The quantitative estimate of drug-likeness (QED) is 0.686. The van der Waals surface area contributed by atoms with Crippen LogP contribution in [0.2, 0.25) is 0 Å². The van der Waals surface area contributed by atoms with Gasteiger partial charge in [-0.3, -0.25) is 0 Å². The molecular weight excluding hydrogens is 320 g/mol. The molecule has 0 bridgehead atoms. The maximum absolute atomic E-state index is 11.9. The van der Waals surface area contributed by atoms with Crippen LogP contribution in [0.4, 0.5) is 4.79 Å². The highest BCUT2D eigenvalue weighted by Gasteiger charge is 2.20. The van der Waals surface area contributed by atoms with Crippen molar-refractivity contribution in [2.24, 2.45) is 0 Å². The third-order valence-corrected chi connectivity index (χ3v) is 3.74. The van der Waals surface area contributed by atoms with Crippen LogP contribution in [0.5, 0.6) is 5.75 Å². The number of urea groups is 1. The standard InChI is InChI=1S/C19H22N2O4/c1-25-16-9-7-14(8-10-16)11-12-20-19(24)21-17(18(22)23)13-15-5-3-2-4-6-15/h2-10,17H,11-13H2,1H3,(H,22,23)(H2,20,21,24). The Balaban J connectivity index is 1.79. The Morgan fingerprint density at radius 1 is 1.04 bits per heavy atom. The van der Waals surface area contributed by atoms with Gasteiger partial charge in [-0.15, -0.1) is 0 Å². The van der Waals surface area contributed by atoms with Crippen molar-refractivity contribution in [2.75, 3.05) is 13.7 Å². The number of carboxylic acid groups (broad SMARTS) is 1. The first-order chi connectivity index (χ1) is 12.1. The summed E-state index contributed by atoms with van der Waals surface area (Å²) in [6.07, 6.45) is 0.885. The minimum atomic E-state index is -1.06. The highest BCUT2D eigenvalue weighted by Crippen LogP contribution is 2.11. The summed E-state index contributed by atoms with van der Waals surface area (Å²) in [4.78, 5) is 23.3. The number of hydrogen-bond acceptors (Lipinski definition) is 3. The molecule has 3 N–H and O–H groups in total.